The molecule has 1 unspecified atom stereocenters. The lowest BCUT2D eigenvalue weighted by Gasteiger charge is -2.15. The van der Waals surface area contributed by atoms with E-state index in [4.69, 9.17) is 9.47 Å². The fraction of sp³-hybridized carbons (Fsp3) is 0.211. The monoisotopic (exact) mass is 430 g/mol. The van der Waals surface area contributed by atoms with Crippen LogP contribution in [-0.4, -0.2) is 34.3 Å². The standard InChI is InChI=1S/C19H19BrN4O3/c1-11-8-9-16(14(20)10-11)27-12(2)18(25)22-19-21-17(23-24-19)13-6-4-5-7-15(13)26-3/h4-10,12H,1-3H3,(H2,21,22,23,24,25). The predicted octanol–water partition coefficient (Wildman–Crippen LogP) is 3.96. The van der Waals surface area contributed by atoms with Gasteiger partial charge in [-0.2, -0.15) is 4.98 Å². The number of rotatable bonds is 6. The van der Waals surface area contributed by atoms with Gasteiger partial charge in [0.2, 0.25) is 5.95 Å². The largest absolute Gasteiger partial charge is 0.496 e. The minimum absolute atomic E-state index is 0.166. The molecule has 0 aliphatic rings. The van der Waals surface area contributed by atoms with E-state index in [1.807, 2.05) is 49.4 Å². The molecular formula is C19H19BrN4O3. The first-order valence-electron chi connectivity index (χ1n) is 8.27. The van der Waals surface area contributed by atoms with Crippen LogP contribution in [0.2, 0.25) is 0 Å². The zero-order valence-corrected chi connectivity index (χ0v) is 16.7. The van der Waals surface area contributed by atoms with Crippen molar-refractivity contribution in [2.24, 2.45) is 0 Å². The van der Waals surface area contributed by atoms with Gasteiger partial charge in [-0.25, -0.2) is 0 Å². The third-order valence-electron chi connectivity index (χ3n) is 3.84. The lowest BCUT2D eigenvalue weighted by atomic mass is 10.2. The first kappa shape index (κ1) is 18.9. The molecule has 2 aromatic carbocycles. The normalized spacial score (nSPS) is 11.7. The Balaban J connectivity index is 1.68. The van der Waals surface area contributed by atoms with Crippen LogP contribution in [0.1, 0.15) is 12.5 Å². The molecule has 1 aromatic heterocycles. The minimum atomic E-state index is -0.725. The van der Waals surface area contributed by atoms with Crippen molar-refractivity contribution in [3.63, 3.8) is 0 Å². The Morgan fingerprint density at radius 2 is 2.00 bits per heavy atom. The average Bonchev–Trinajstić information content (AvgIpc) is 3.12. The van der Waals surface area contributed by atoms with Crippen LogP contribution in [0.15, 0.2) is 46.9 Å². The minimum Gasteiger partial charge on any atom is -0.496 e. The van der Waals surface area contributed by atoms with Gasteiger partial charge in [0.25, 0.3) is 5.91 Å². The molecule has 1 heterocycles. The van der Waals surface area contributed by atoms with E-state index < -0.39 is 6.10 Å². The van der Waals surface area contributed by atoms with E-state index in [0.29, 0.717) is 17.3 Å². The molecule has 7 nitrogen and oxygen atoms in total. The van der Waals surface area contributed by atoms with Gasteiger partial charge in [0.1, 0.15) is 11.5 Å². The second-order valence-corrected chi connectivity index (χ2v) is 6.75. The summed E-state index contributed by atoms with van der Waals surface area (Å²) < 4.78 is 11.8. The van der Waals surface area contributed by atoms with Crippen molar-refractivity contribution in [2.75, 3.05) is 12.4 Å². The van der Waals surface area contributed by atoms with Crippen molar-refractivity contribution in [2.45, 2.75) is 20.0 Å². The number of hydrogen-bond donors (Lipinski definition) is 2. The first-order chi connectivity index (χ1) is 13.0. The van der Waals surface area contributed by atoms with E-state index >= 15 is 0 Å². The van der Waals surface area contributed by atoms with Gasteiger partial charge >= 0.3 is 0 Å². The van der Waals surface area contributed by atoms with Crippen molar-refractivity contribution < 1.29 is 14.3 Å². The summed E-state index contributed by atoms with van der Waals surface area (Å²) in [6.45, 7) is 3.64. The van der Waals surface area contributed by atoms with E-state index in [0.717, 1.165) is 15.6 Å². The fourth-order valence-electron chi connectivity index (χ4n) is 2.44. The number of methoxy groups -OCH3 is 1. The highest BCUT2D eigenvalue weighted by atomic mass is 79.9. The zero-order valence-electron chi connectivity index (χ0n) is 15.1. The Morgan fingerprint density at radius 1 is 1.22 bits per heavy atom. The molecule has 1 amide bonds. The van der Waals surface area contributed by atoms with Gasteiger partial charge in [0.15, 0.2) is 11.9 Å². The highest BCUT2D eigenvalue weighted by Crippen LogP contribution is 2.28. The Labute approximate surface area is 165 Å². The van der Waals surface area contributed by atoms with Crippen LogP contribution in [0.5, 0.6) is 11.5 Å². The van der Waals surface area contributed by atoms with Crippen LogP contribution in [0.4, 0.5) is 5.95 Å². The van der Waals surface area contributed by atoms with E-state index in [1.54, 1.807) is 14.0 Å². The second kappa shape index (κ2) is 8.22. The Kier molecular flexibility index (Phi) is 5.75. The molecule has 0 fully saturated rings. The van der Waals surface area contributed by atoms with Crippen LogP contribution < -0.4 is 14.8 Å². The van der Waals surface area contributed by atoms with Gasteiger partial charge in [0.05, 0.1) is 17.1 Å². The number of nitrogens with one attached hydrogen (secondary N) is 2. The third-order valence-corrected chi connectivity index (χ3v) is 4.46. The molecular weight excluding hydrogens is 412 g/mol. The summed E-state index contributed by atoms with van der Waals surface area (Å²) in [7, 11) is 1.58. The Morgan fingerprint density at radius 3 is 2.74 bits per heavy atom. The van der Waals surface area contributed by atoms with Crippen LogP contribution in [0.3, 0.4) is 0 Å². The van der Waals surface area contributed by atoms with Crippen molar-refractivity contribution in [3.8, 4) is 22.9 Å². The second-order valence-electron chi connectivity index (χ2n) is 5.89. The van der Waals surface area contributed by atoms with Crippen molar-refractivity contribution in [1.82, 2.24) is 15.2 Å². The summed E-state index contributed by atoms with van der Waals surface area (Å²) in [5, 5.41) is 9.49. The molecule has 8 heteroatoms. The molecule has 0 aliphatic heterocycles. The zero-order chi connectivity index (χ0) is 19.4. The summed E-state index contributed by atoms with van der Waals surface area (Å²) >= 11 is 3.44. The number of H-pyrrole nitrogens is 1. The van der Waals surface area contributed by atoms with Gasteiger partial charge in [0, 0.05) is 0 Å². The van der Waals surface area contributed by atoms with Crippen LogP contribution in [-0.2, 0) is 4.79 Å². The van der Waals surface area contributed by atoms with Gasteiger partial charge in [-0.15, -0.1) is 5.10 Å². The van der Waals surface area contributed by atoms with Gasteiger partial charge in [-0.1, -0.05) is 18.2 Å². The number of aryl methyl sites for hydroxylation is 1. The molecule has 0 aliphatic carbocycles. The highest BCUT2D eigenvalue weighted by molar-refractivity contribution is 9.10. The van der Waals surface area contributed by atoms with Crippen LogP contribution in [0, 0.1) is 6.92 Å². The maximum absolute atomic E-state index is 12.4. The Bertz CT molecular complexity index is 958. The predicted molar refractivity (Wildman–Crippen MR) is 106 cm³/mol. The van der Waals surface area contributed by atoms with Crippen molar-refractivity contribution >= 4 is 27.8 Å². The highest BCUT2D eigenvalue weighted by Gasteiger charge is 2.19. The number of carbonyl (C=O) groups is 1. The Hall–Kier alpha value is -2.87. The van der Waals surface area contributed by atoms with Crippen molar-refractivity contribution in [3.05, 3.63) is 52.5 Å². The number of carbonyl (C=O) groups excluding carboxylic acids is 1. The first-order valence-corrected chi connectivity index (χ1v) is 9.06. The smallest absolute Gasteiger partial charge is 0.267 e. The van der Waals surface area contributed by atoms with Crippen LogP contribution >= 0.6 is 15.9 Å². The van der Waals surface area contributed by atoms with E-state index in [9.17, 15) is 4.79 Å². The molecule has 3 aromatic rings. The number of amides is 1. The van der Waals surface area contributed by atoms with Crippen molar-refractivity contribution in [1.29, 1.82) is 0 Å². The maximum atomic E-state index is 12.4. The molecule has 0 saturated carbocycles. The number of halogens is 1. The summed E-state index contributed by atoms with van der Waals surface area (Å²) in [5.41, 5.74) is 1.84. The fourth-order valence-corrected chi connectivity index (χ4v) is 3.02. The number of anilines is 1. The molecule has 0 bridgehead atoms. The van der Waals surface area contributed by atoms with Gasteiger partial charge in [-0.3, -0.25) is 15.2 Å². The number of hydrogen-bond acceptors (Lipinski definition) is 5. The molecule has 2 N–H and O–H groups in total. The molecule has 0 saturated heterocycles. The molecule has 3 rings (SSSR count). The molecule has 140 valence electrons. The number of nitrogens with zero attached hydrogens (tertiary/aromatic N) is 2. The third kappa shape index (κ3) is 4.46. The summed E-state index contributed by atoms with van der Waals surface area (Å²) in [4.78, 5) is 16.7. The summed E-state index contributed by atoms with van der Waals surface area (Å²) in [6, 6.07) is 13.1. The number of aromatic nitrogens is 3. The quantitative estimate of drug-likeness (QED) is 0.617. The van der Waals surface area contributed by atoms with Gasteiger partial charge in [-0.05, 0) is 59.6 Å². The van der Waals surface area contributed by atoms with E-state index in [-0.39, 0.29) is 11.9 Å². The molecule has 1 atom stereocenters. The summed E-state index contributed by atoms with van der Waals surface area (Å²) in [5.74, 6) is 1.56. The molecule has 0 spiro atoms. The van der Waals surface area contributed by atoms with Gasteiger partial charge < -0.3 is 9.47 Å². The lowest BCUT2D eigenvalue weighted by Crippen LogP contribution is -2.30. The molecule has 27 heavy (non-hydrogen) atoms. The molecule has 0 radical (unpaired) electrons. The average molecular weight is 431 g/mol. The summed E-state index contributed by atoms with van der Waals surface area (Å²) in [6.07, 6.45) is -0.725. The number of para-hydroxylation sites is 1. The SMILES string of the molecule is COc1ccccc1-c1nc(NC(=O)C(C)Oc2ccc(C)cc2Br)n[nH]1. The number of aromatic amines is 1. The maximum Gasteiger partial charge on any atom is 0.267 e. The topological polar surface area (TPSA) is 89.1 Å². The number of ether oxygens (including phenoxy) is 2. The lowest BCUT2D eigenvalue weighted by molar-refractivity contribution is -0.122. The van der Waals surface area contributed by atoms with Crippen LogP contribution in [0.25, 0.3) is 11.4 Å². The number of benzene rings is 2. The van der Waals surface area contributed by atoms with E-state index in [2.05, 4.69) is 36.4 Å². The van der Waals surface area contributed by atoms with E-state index in [1.165, 1.54) is 0 Å².